The molecule has 1 aromatic carbocycles. The average molecular weight is 545 g/mol. The first-order chi connectivity index (χ1) is 18.4. The summed E-state index contributed by atoms with van der Waals surface area (Å²) in [5, 5.41) is 21.4. The van der Waals surface area contributed by atoms with Crippen molar-refractivity contribution in [3.63, 3.8) is 0 Å². The van der Waals surface area contributed by atoms with E-state index in [-0.39, 0.29) is 50.3 Å². The number of aryl methyl sites for hydroxylation is 1. The van der Waals surface area contributed by atoms with Crippen molar-refractivity contribution in [3.8, 4) is 16.8 Å². The molecule has 2 N–H and O–H groups in total. The molecule has 1 saturated heterocycles. The molecule has 38 heavy (non-hydrogen) atoms. The van der Waals surface area contributed by atoms with Gasteiger partial charge in [-0.25, -0.2) is 4.39 Å². The van der Waals surface area contributed by atoms with E-state index in [1.54, 1.807) is 6.92 Å². The molecule has 0 unspecified atom stereocenters. The summed E-state index contributed by atoms with van der Waals surface area (Å²) in [5.74, 6) is -0.320. The third kappa shape index (κ3) is 4.85. The summed E-state index contributed by atoms with van der Waals surface area (Å²) in [6.07, 6.45) is 2.30. The highest BCUT2D eigenvalue weighted by molar-refractivity contribution is 7.21. The second-order valence-corrected chi connectivity index (χ2v) is 9.52. The highest BCUT2D eigenvalue weighted by Crippen LogP contribution is 2.34. The van der Waals surface area contributed by atoms with Crippen molar-refractivity contribution in [2.75, 3.05) is 33.5 Å². The van der Waals surface area contributed by atoms with E-state index < -0.39 is 18.0 Å². The molecule has 4 aromatic rings. The van der Waals surface area contributed by atoms with Gasteiger partial charge in [0.15, 0.2) is 0 Å². The van der Waals surface area contributed by atoms with Crippen molar-refractivity contribution in [2.24, 2.45) is 0 Å². The van der Waals surface area contributed by atoms with Crippen LogP contribution in [0.5, 0.6) is 11.8 Å². The predicted octanol–water partition coefficient (Wildman–Crippen LogP) is 1.68. The number of aliphatic hydroxyl groups is 1. The van der Waals surface area contributed by atoms with E-state index in [9.17, 15) is 19.1 Å². The highest BCUT2D eigenvalue weighted by atomic mass is 32.1. The lowest BCUT2D eigenvalue weighted by atomic mass is 10.1. The minimum absolute atomic E-state index is 0.0156. The van der Waals surface area contributed by atoms with Gasteiger partial charge in [0.1, 0.15) is 34.1 Å². The van der Waals surface area contributed by atoms with Crippen LogP contribution in [0.3, 0.4) is 0 Å². The zero-order valence-electron chi connectivity index (χ0n) is 20.6. The summed E-state index contributed by atoms with van der Waals surface area (Å²) in [5.41, 5.74) is 0.660. The monoisotopic (exact) mass is 544 g/mol. The molecule has 2 atom stereocenters. The average Bonchev–Trinajstić information content (AvgIpc) is 3.65. The Labute approximate surface area is 219 Å². The van der Waals surface area contributed by atoms with Gasteiger partial charge in [0.05, 0.1) is 44.1 Å². The minimum atomic E-state index is -0.855. The van der Waals surface area contributed by atoms with E-state index in [0.29, 0.717) is 32.1 Å². The molecular formula is C24H25FN6O6S. The third-order valence-electron chi connectivity index (χ3n) is 6.17. The molecule has 12 nitrogen and oxygen atoms in total. The van der Waals surface area contributed by atoms with Gasteiger partial charge in [-0.2, -0.15) is 15.2 Å². The lowest BCUT2D eigenvalue weighted by Gasteiger charge is -2.22. The molecule has 4 heterocycles. The number of benzene rings is 1. The van der Waals surface area contributed by atoms with E-state index in [1.807, 2.05) is 0 Å². The van der Waals surface area contributed by atoms with Crippen LogP contribution in [0.1, 0.15) is 29.7 Å². The maximum absolute atomic E-state index is 14.1. The first-order valence-electron chi connectivity index (χ1n) is 11.8. The molecule has 1 aliphatic rings. The Bertz CT molecular complexity index is 1520. The van der Waals surface area contributed by atoms with E-state index in [2.05, 4.69) is 20.5 Å². The lowest BCUT2D eigenvalue weighted by molar-refractivity contribution is -0.119. The van der Waals surface area contributed by atoms with Gasteiger partial charge in [-0.05, 0) is 25.1 Å². The first kappa shape index (κ1) is 25.8. The largest absolute Gasteiger partial charge is 0.496 e. The number of nitrogens with zero attached hydrogens (tertiary/aromatic N) is 5. The van der Waals surface area contributed by atoms with Crippen LogP contribution in [0.4, 0.5) is 4.39 Å². The Morgan fingerprint density at radius 2 is 2.08 bits per heavy atom. The number of ether oxygens (including phenoxy) is 3. The zero-order valence-corrected chi connectivity index (χ0v) is 21.4. The second kappa shape index (κ2) is 10.8. The van der Waals surface area contributed by atoms with Crippen molar-refractivity contribution in [3.05, 3.63) is 57.9 Å². The second-order valence-electron chi connectivity index (χ2n) is 8.54. The van der Waals surface area contributed by atoms with Crippen molar-refractivity contribution in [1.82, 2.24) is 29.9 Å². The molecule has 0 spiro atoms. The maximum atomic E-state index is 14.1. The number of hydrogen-bond acceptors (Lipinski definition) is 10. The van der Waals surface area contributed by atoms with Gasteiger partial charge in [-0.3, -0.25) is 14.2 Å². The highest BCUT2D eigenvalue weighted by Gasteiger charge is 2.30. The number of thiophene rings is 1. The number of nitrogens with one attached hydrogen (secondary N) is 1. The Balaban J connectivity index is 1.57. The van der Waals surface area contributed by atoms with Crippen molar-refractivity contribution in [2.45, 2.75) is 25.5 Å². The van der Waals surface area contributed by atoms with Crippen molar-refractivity contribution in [1.29, 1.82) is 0 Å². The van der Waals surface area contributed by atoms with Crippen LogP contribution in [0.2, 0.25) is 0 Å². The standard InChI is InChI=1S/C24H25FN6O6S/c1-13-20-21(38-23(13)31-27-5-6-28-31)29-24(30(22(20)34)15-10-19(33)26-11-15)37-12-18(36-8-7-32)16-9-14(25)3-4-17(16)35-2/h3-6,9,15,18,32H,7-8,10-12H2,1-2H3,(H,26,33)/t15-,18+/m1/s1. The fourth-order valence-electron chi connectivity index (χ4n) is 4.40. The minimum Gasteiger partial charge on any atom is -0.496 e. The number of halogens is 1. The van der Waals surface area contributed by atoms with Crippen LogP contribution in [-0.2, 0) is 9.53 Å². The van der Waals surface area contributed by atoms with Gasteiger partial charge in [0, 0.05) is 24.1 Å². The molecule has 0 aliphatic carbocycles. The molecular weight excluding hydrogens is 519 g/mol. The fourth-order valence-corrected chi connectivity index (χ4v) is 5.48. The summed E-state index contributed by atoms with van der Waals surface area (Å²) < 4.78 is 32.7. The number of carbonyl (C=O) groups is 1. The fraction of sp³-hybridized carbons (Fsp3) is 0.375. The summed E-state index contributed by atoms with van der Waals surface area (Å²) in [6.45, 7) is 1.54. The molecule has 0 radical (unpaired) electrons. The topological polar surface area (TPSA) is 143 Å². The normalized spacial score (nSPS) is 16.1. The van der Waals surface area contributed by atoms with Crippen LogP contribution >= 0.6 is 11.3 Å². The van der Waals surface area contributed by atoms with E-state index in [0.717, 1.165) is 0 Å². The smallest absolute Gasteiger partial charge is 0.301 e. The number of methoxy groups -OCH3 is 1. The summed E-state index contributed by atoms with van der Waals surface area (Å²) >= 11 is 1.23. The molecule has 5 rings (SSSR count). The van der Waals surface area contributed by atoms with Crippen LogP contribution in [0.15, 0.2) is 35.4 Å². The maximum Gasteiger partial charge on any atom is 0.301 e. The Hall–Kier alpha value is -3.88. The van der Waals surface area contributed by atoms with Crippen molar-refractivity contribution >= 4 is 27.5 Å². The van der Waals surface area contributed by atoms with Gasteiger partial charge >= 0.3 is 6.01 Å². The molecule has 0 bridgehead atoms. The Kier molecular flexibility index (Phi) is 7.35. The summed E-state index contributed by atoms with van der Waals surface area (Å²) in [7, 11) is 1.45. The molecule has 1 amide bonds. The Morgan fingerprint density at radius 3 is 2.76 bits per heavy atom. The van der Waals surface area contributed by atoms with Crippen LogP contribution in [0.25, 0.3) is 15.2 Å². The first-order valence-corrected chi connectivity index (χ1v) is 12.6. The van der Waals surface area contributed by atoms with Gasteiger partial charge in [0.2, 0.25) is 5.91 Å². The van der Waals surface area contributed by atoms with E-state index in [1.165, 1.54) is 58.4 Å². The van der Waals surface area contributed by atoms with Crippen LogP contribution in [0, 0.1) is 12.7 Å². The molecule has 3 aromatic heterocycles. The number of aliphatic hydroxyl groups excluding tert-OH is 1. The van der Waals surface area contributed by atoms with E-state index >= 15 is 0 Å². The summed E-state index contributed by atoms with van der Waals surface area (Å²) in [4.78, 5) is 32.3. The van der Waals surface area contributed by atoms with Gasteiger partial charge in [-0.1, -0.05) is 11.3 Å². The van der Waals surface area contributed by atoms with Crippen LogP contribution < -0.4 is 20.3 Å². The van der Waals surface area contributed by atoms with Gasteiger partial charge < -0.3 is 24.6 Å². The Morgan fingerprint density at radius 1 is 1.29 bits per heavy atom. The molecule has 14 heteroatoms. The molecule has 1 fully saturated rings. The number of rotatable bonds is 10. The molecule has 0 saturated carbocycles. The predicted molar refractivity (Wildman–Crippen MR) is 134 cm³/mol. The van der Waals surface area contributed by atoms with Gasteiger partial charge in [-0.15, -0.1) is 4.80 Å². The number of hydrogen-bond donors (Lipinski definition) is 2. The van der Waals surface area contributed by atoms with Crippen molar-refractivity contribution < 1.29 is 28.5 Å². The van der Waals surface area contributed by atoms with Crippen LogP contribution in [-0.4, -0.2) is 69.0 Å². The number of fused-ring (bicyclic) bond motifs is 1. The quantitative estimate of drug-likeness (QED) is 0.305. The van der Waals surface area contributed by atoms with Gasteiger partial charge in [0.25, 0.3) is 5.56 Å². The number of aromatic nitrogens is 5. The molecule has 1 aliphatic heterocycles. The van der Waals surface area contributed by atoms with E-state index in [4.69, 9.17) is 14.2 Å². The number of amides is 1. The third-order valence-corrected chi connectivity index (χ3v) is 7.32. The zero-order chi connectivity index (χ0) is 26.8. The lowest BCUT2D eigenvalue weighted by Crippen LogP contribution is -2.30. The summed E-state index contributed by atoms with van der Waals surface area (Å²) in [6, 6.07) is 3.45. The number of carbonyl (C=O) groups excluding carboxylic acids is 1. The SMILES string of the molecule is COc1ccc(F)cc1[C@H](COc1nc2sc(-n3nccn3)c(C)c2c(=O)n1[C@H]1CNC(=O)C1)OCCO. The molecule has 200 valence electrons.